The maximum Gasteiger partial charge on any atom is 0.275 e. The summed E-state index contributed by atoms with van der Waals surface area (Å²) < 4.78 is 25.6. The van der Waals surface area contributed by atoms with Crippen LogP contribution in [0.5, 0.6) is 5.75 Å². The average Bonchev–Trinajstić information content (AvgIpc) is 2.80. The van der Waals surface area contributed by atoms with E-state index in [2.05, 4.69) is 26.3 Å². The highest BCUT2D eigenvalue weighted by Gasteiger charge is 2.19. The van der Waals surface area contributed by atoms with Crippen LogP contribution >= 0.6 is 15.9 Å². The number of nitrogens with zero attached hydrogens (tertiary/aromatic N) is 2. The Morgan fingerprint density at radius 3 is 2.68 bits per heavy atom. The number of carbonyl (C=O) groups is 1. The minimum Gasteiger partial charge on any atom is -0.506 e. The van der Waals surface area contributed by atoms with Gasteiger partial charge in [-0.1, -0.05) is 6.92 Å². The SMILES string of the molecule is CCS(=O)(=O)c1ccc(O)c(NC(=O)c2c(Br)cnn2C)c1. The molecule has 0 radical (unpaired) electrons. The van der Waals surface area contributed by atoms with Gasteiger partial charge in [0.15, 0.2) is 9.84 Å². The number of hydrogen-bond donors (Lipinski definition) is 2. The number of benzene rings is 1. The van der Waals surface area contributed by atoms with Gasteiger partial charge in [-0.25, -0.2) is 8.42 Å². The van der Waals surface area contributed by atoms with E-state index in [0.717, 1.165) is 0 Å². The molecule has 0 spiro atoms. The smallest absolute Gasteiger partial charge is 0.275 e. The molecule has 1 aromatic carbocycles. The number of carbonyl (C=O) groups excluding carboxylic acids is 1. The minimum atomic E-state index is -3.43. The number of nitrogens with one attached hydrogen (secondary N) is 1. The maximum absolute atomic E-state index is 12.2. The number of phenols is 1. The van der Waals surface area contributed by atoms with E-state index in [4.69, 9.17) is 0 Å². The van der Waals surface area contributed by atoms with Crippen molar-refractivity contribution in [2.75, 3.05) is 11.1 Å². The van der Waals surface area contributed by atoms with E-state index in [-0.39, 0.29) is 27.8 Å². The summed E-state index contributed by atoms with van der Waals surface area (Å²) >= 11 is 3.20. The Morgan fingerprint density at radius 1 is 1.45 bits per heavy atom. The van der Waals surface area contributed by atoms with Crippen molar-refractivity contribution in [1.82, 2.24) is 9.78 Å². The molecule has 0 aliphatic carbocycles. The predicted octanol–water partition coefficient (Wildman–Crippen LogP) is 1.93. The number of aromatic nitrogens is 2. The van der Waals surface area contributed by atoms with E-state index in [1.165, 1.54) is 36.0 Å². The topological polar surface area (TPSA) is 101 Å². The van der Waals surface area contributed by atoms with Crippen molar-refractivity contribution in [3.8, 4) is 5.75 Å². The molecule has 2 aromatic rings. The van der Waals surface area contributed by atoms with Gasteiger partial charge in [-0.15, -0.1) is 0 Å². The normalized spacial score (nSPS) is 11.4. The van der Waals surface area contributed by atoms with Gasteiger partial charge >= 0.3 is 0 Å². The Balaban J connectivity index is 2.38. The third-order valence-electron chi connectivity index (χ3n) is 3.06. The Kier molecular flexibility index (Phi) is 4.57. The Morgan fingerprint density at radius 2 is 2.14 bits per heavy atom. The molecule has 0 atom stereocenters. The lowest BCUT2D eigenvalue weighted by molar-refractivity contribution is 0.101. The molecule has 1 aromatic heterocycles. The van der Waals surface area contributed by atoms with Crippen molar-refractivity contribution < 1.29 is 18.3 Å². The molecule has 1 heterocycles. The number of rotatable bonds is 4. The van der Waals surface area contributed by atoms with Crippen LogP contribution in [0.25, 0.3) is 0 Å². The first-order valence-corrected chi connectivity index (χ1v) is 8.75. The van der Waals surface area contributed by atoms with Crippen LogP contribution in [0.2, 0.25) is 0 Å². The number of amides is 1. The third-order valence-corrected chi connectivity index (χ3v) is 5.38. The maximum atomic E-state index is 12.2. The number of aromatic hydroxyl groups is 1. The fraction of sp³-hybridized carbons (Fsp3) is 0.231. The molecular formula is C13H14BrN3O4S. The van der Waals surface area contributed by atoms with Crippen LogP contribution in [0, 0.1) is 0 Å². The number of phenolic OH excluding ortho intramolecular Hbond substituents is 1. The summed E-state index contributed by atoms with van der Waals surface area (Å²) in [4.78, 5) is 12.3. The highest BCUT2D eigenvalue weighted by molar-refractivity contribution is 9.10. The fourth-order valence-electron chi connectivity index (χ4n) is 1.82. The molecule has 0 bridgehead atoms. The van der Waals surface area contributed by atoms with Crippen molar-refractivity contribution in [2.24, 2.45) is 7.05 Å². The van der Waals surface area contributed by atoms with Crippen LogP contribution in [0.4, 0.5) is 5.69 Å². The van der Waals surface area contributed by atoms with Gasteiger partial charge in [0.2, 0.25) is 0 Å². The summed E-state index contributed by atoms with van der Waals surface area (Å²) in [7, 11) is -1.84. The monoisotopic (exact) mass is 387 g/mol. The minimum absolute atomic E-state index is 0.0209. The Bertz CT molecular complexity index is 810. The lowest BCUT2D eigenvalue weighted by Gasteiger charge is -2.10. The van der Waals surface area contributed by atoms with Gasteiger partial charge < -0.3 is 10.4 Å². The third kappa shape index (κ3) is 3.14. The number of sulfone groups is 1. The van der Waals surface area contributed by atoms with E-state index in [0.29, 0.717) is 4.47 Å². The first kappa shape index (κ1) is 16.5. The zero-order chi connectivity index (χ0) is 16.5. The van der Waals surface area contributed by atoms with Gasteiger partial charge in [0.05, 0.1) is 27.0 Å². The van der Waals surface area contributed by atoms with Crippen molar-refractivity contribution >= 4 is 37.4 Å². The van der Waals surface area contributed by atoms with E-state index in [1.54, 1.807) is 7.05 Å². The second-order valence-electron chi connectivity index (χ2n) is 4.50. The average molecular weight is 388 g/mol. The molecule has 0 saturated carbocycles. The number of anilines is 1. The van der Waals surface area contributed by atoms with Gasteiger partial charge in [0.25, 0.3) is 5.91 Å². The zero-order valence-electron chi connectivity index (χ0n) is 11.9. The van der Waals surface area contributed by atoms with Gasteiger partial charge in [-0.3, -0.25) is 9.48 Å². The molecule has 1 amide bonds. The summed E-state index contributed by atoms with van der Waals surface area (Å²) in [6.07, 6.45) is 1.47. The molecule has 0 aliphatic heterocycles. The summed E-state index contributed by atoms with van der Waals surface area (Å²) in [6, 6.07) is 3.76. The van der Waals surface area contributed by atoms with Crippen molar-refractivity contribution in [1.29, 1.82) is 0 Å². The van der Waals surface area contributed by atoms with Crippen molar-refractivity contribution in [2.45, 2.75) is 11.8 Å². The van der Waals surface area contributed by atoms with Crippen LogP contribution in [0.1, 0.15) is 17.4 Å². The first-order chi connectivity index (χ1) is 10.3. The summed E-state index contributed by atoms with van der Waals surface area (Å²) in [5, 5.41) is 16.2. The summed E-state index contributed by atoms with van der Waals surface area (Å²) in [5.41, 5.74) is 0.274. The summed E-state index contributed by atoms with van der Waals surface area (Å²) in [6.45, 7) is 1.52. The fourth-order valence-corrected chi connectivity index (χ4v) is 3.26. The number of hydrogen-bond acceptors (Lipinski definition) is 5. The molecule has 118 valence electrons. The molecule has 0 fully saturated rings. The highest BCUT2D eigenvalue weighted by atomic mass is 79.9. The quantitative estimate of drug-likeness (QED) is 0.780. The lowest BCUT2D eigenvalue weighted by Crippen LogP contribution is -2.17. The van der Waals surface area contributed by atoms with Crippen LogP contribution < -0.4 is 5.32 Å². The number of aryl methyl sites for hydroxylation is 1. The van der Waals surface area contributed by atoms with E-state index in [9.17, 15) is 18.3 Å². The Labute approximate surface area is 136 Å². The molecule has 0 aliphatic rings. The lowest BCUT2D eigenvalue weighted by atomic mass is 10.3. The second kappa shape index (κ2) is 6.09. The summed E-state index contributed by atoms with van der Waals surface area (Å²) in [5.74, 6) is -0.812. The van der Waals surface area contributed by atoms with Crippen LogP contribution in [0.15, 0.2) is 33.8 Å². The second-order valence-corrected chi connectivity index (χ2v) is 7.63. The number of halogens is 1. The molecule has 0 saturated heterocycles. The standard InChI is InChI=1S/C13H14BrN3O4S/c1-3-22(20,21)8-4-5-11(18)10(6-8)16-13(19)12-9(14)7-15-17(12)2/h4-7,18H,3H2,1-2H3,(H,16,19). The zero-order valence-corrected chi connectivity index (χ0v) is 14.3. The highest BCUT2D eigenvalue weighted by Crippen LogP contribution is 2.28. The van der Waals surface area contributed by atoms with Crippen LogP contribution in [-0.2, 0) is 16.9 Å². The predicted molar refractivity (Wildman–Crippen MR) is 84.7 cm³/mol. The molecule has 0 unspecified atom stereocenters. The van der Waals surface area contributed by atoms with Gasteiger partial charge in [0, 0.05) is 7.05 Å². The van der Waals surface area contributed by atoms with Gasteiger partial charge in [0.1, 0.15) is 11.4 Å². The van der Waals surface area contributed by atoms with E-state index in [1.807, 2.05) is 0 Å². The van der Waals surface area contributed by atoms with Gasteiger partial charge in [-0.05, 0) is 34.1 Å². The van der Waals surface area contributed by atoms with Crippen molar-refractivity contribution in [3.63, 3.8) is 0 Å². The van der Waals surface area contributed by atoms with Crippen molar-refractivity contribution in [3.05, 3.63) is 34.6 Å². The van der Waals surface area contributed by atoms with E-state index < -0.39 is 15.7 Å². The molecule has 9 heteroatoms. The van der Waals surface area contributed by atoms with Crippen LogP contribution in [0.3, 0.4) is 0 Å². The first-order valence-electron chi connectivity index (χ1n) is 6.31. The molecule has 2 N–H and O–H groups in total. The molecular weight excluding hydrogens is 374 g/mol. The molecule has 22 heavy (non-hydrogen) atoms. The molecule has 7 nitrogen and oxygen atoms in total. The molecule has 2 rings (SSSR count). The largest absolute Gasteiger partial charge is 0.506 e. The van der Waals surface area contributed by atoms with E-state index >= 15 is 0 Å². The van der Waals surface area contributed by atoms with Gasteiger partial charge in [-0.2, -0.15) is 5.10 Å². The Hall–Kier alpha value is -1.87. The van der Waals surface area contributed by atoms with Crippen LogP contribution in [-0.4, -0.2) is 35.0 Å².